The summed E-state index contributed by atoms with van der Waals surface area (Å²) in [4.78, 5) is 25.5. The maximum Gasteiger partial charge on any atom is 0.245 e. The third kappa shape index (κ3) is 4.31. The van der Waals surface area contributed by atoms with Crippen LogP contribution in [0.4, 0.5) is 23.3 Å². The Bertz CT molecular complexity index is 1230. The van der Waals surface area contributed by atoms with Crippen molar-refractivity contribution in [3.8, 4) is 0 Å². The number of aromatic nitrogens is 6. The van der Waals surface area contributed by atoms with Gasteiger partial charge in [-0.1, -0.05) is 12.1 Å². The van der Waals surface area contributed by atoms with Gasteiger partial charge >= 0.3 is 0 Å². The quantitative estimate of drug-likeness (QED) is 0.353. The number of nitrogens with two attached hydrogens (primary N) is 1. The topological polar surface area (TPSA) is 149 Å². The van der Waals surface area contributed by atoms with Gasteiger partial charge in [0.05, 0.1) is 18.6 Å². The molecule has 0 unspecified atom stereocenters. The third-order valence-electron chi connectivity index (χ3n) is 4.66. The highest BCUT2D eigenvalue weighted by molar-refractivity contribution is 5.92. The van der Waals surface area contributed by atoms with E-state index < -0.39 is 0 Å². The number of hydrogen-bond donors (Lipinski definition) is 4. The van der Waals surface area contributed by atoms with Gasteiger partial charge in [-0.25, -0.2) is 9.67 Å². The van der Waals surface area contributed by atoms with Crippen LogP contribution < -0.4 is 16.4 Å². The van der Waals surface area contributed by atoms with E-state index in [-0.39, 0.29) is 25.0 Å². The number of rotatable bonds is 7. The fourth-order valence-electron chi connectivity index (χ4n) is 3.22. The number of benzene rings is 1. The number of carbonyl (C=O) groups excluding carboxylic acids is 1. The van der Waals surface area contributed by atoms with Crippen LogP contribution in [0.1, 0.15) is 18.2 Å². The number of nitrogens with one attached hydrogen (secondary N) is 2. The van der Waals surface area contributed by atoms with Crippen molar-refractivity contribution in [3.63, 3.8) is 0 Å². The third-order valence-corrected chi connectivity index (χ3v) is 4.66. The summed E-state index contributed by atoms with van der Waals surface area (Å²) in [5.41, 5.74) is 9.21. The number of carbonyl (C=O) groups is 1. The second-order valence-corrected chi connectivity index (χ2v) is 6.99. The van der Waals surface area contributed by atoms with Gasteiger partial charge in [0, 0.05) is 18.3 Å². The first kappa shape index (κ1) is 20.3. The molecule has 31 heavy (non-hydrogen) atoms. The van der Waals surface area contributed by atoms with Gasteiger partial charge in [0.25, 0.3) is 0 Å². The van der Waals surface area contributed by atoms with Gasteiger partial charge in [-0.3, -0.25) is 4.79 Å². The normalized spacial score (nSPS) is 11.1. The molecule has 0 aliphatic rings. The standard InChI is InChI=1S/C20H23N9O2/c1-3-29-15(8-12(2)27-29)24-16(31)9-28-11-22-17-18(25-20(21)26-19(17)28)23-14-6-4-13(10-30)5-7-14/h4-8,11,30H,3,9-10H2,1-2H3,(H,24,31)(H3,21,23,25,26). The maximum absolute atomic E-state index is 12.6. The maximum atomic E-state index is 12.6. The summed E-state index contributed by atoms with van der Waals surface area (Å²) < 4.78 is 3.34. The van der Waals surface area contributed by atoms with Crippen molar-refractivity contribution in [1.82, 2.24) is 29.3 Å². The van der Waals surface area contributed by atoms with E-state index in [0.717, 1.165) is 16.9 Å². The molecule has 1 amide bonds. The van der Waals surface area contributed by atoms with Crippen molar-refractivity contribution in [3.05, 3.63) is 47.9 Å². The zero-order valence-electron chi connectivity index (χ0n) is 17.2. The van der Waals surface area contributed by atoms with Crippen molar-refractivity contribution in [1.29, 1.82) is 0 Å². The fourth-order valence-corrected chi connectivity index (χ4v) is 3.22. The summed E-state index contributed by atoms with van der Waals surface area (Å²) in [6, 6.07) is 9.06. The number of aryl methyl sites for hydroxylation is 2. The van der Waals surface area contributed by atoms with Crippen LogP contribution in [0.2, 0.25) is 0 Å². The Morgan fingerprint density at radius 1 is 1.23 bits per heavy atom. The molecular formula is C20H23N9O2. The Hall–Kier alpha value is -3.99. The molecule has 0 saturated carbocycles. The van der Waals surface area contributed by atoms with Crippen LogP contribution in [0.25, 0.3) is 11.2 Å². The average molecular weight is 421 g/mol. The van der Waals surface area contributed by atoms with Gasteiger partial charge in [0.15, 0.2) is 17.0 Å². The fraction of sp³-hybridized carbons (Fsp3) is 0.250. The van der Waals surface area contributed by atoms with Crippen molar-refractivity contribution in [2.24, 2.45) is 0 Å². The van der Waals surface area contributed by atoms with Crippen LogP contribution >= 0.6 is 0 Å². The first-order valence-electron chi connectivity index (χ1n) is 9.76. The smallest absolute Gasteiger partial charge is 0.245 e. The minimum Gasteiger partial charge on any atom is -0.392 e. The van der Waals surface area contributed by atoms with E-state index in [4.69, 9.17) is 5.73 Å². The number of aliphatic hydroxyl groups is 1. The molecule has 4 rings (SSSR count). The highest BCUT2D eigenvalue weighted by Gasteiger charge is 2.16. The summed E-state index contributed by atoms with van der Waals surface area (Å²) in [5.74, 6) is 0.888. The monoisotopic (exact) mass is 421 g/mol. The second kappa shape index (κ2) is 8.40. The molecule has 0 saturated heterocycles. The van der Waals surface area contributed by atoms with E-state index in [2.05, 4.69) is 30.7 Å². The molecule has 11 heteroatoms. The molecule has 4 aromatic rings. The minimum absolute atomic E-state index is 0.00549. The highest BCUT2D eigenvalue weighted by atomic mass is 16.3. The summed E-state index contributed by atoms with van der Waals surface area (Å²) in [6.45, 7) is 4.45. The lowest BCUT2D eigenvalue weighted by Gasteiger charge is -2.09. The Labute approximate surface area is 177 Å². The Balaban J connectivity index is 1.57. The molecule has 0 atom stereocenters. The molecule has 0 aliphatic heterocycles. The van der Waals surface area contributed by atoms with Gasteiger partial charge in [-0.2, -0.15) is 15.1 Å². The van der Waals surface area contributed by atoms with E-state index in [9.17, 15) is 9.90 Å². The molecule has 0 radical (unpaired) electrons. The van der Waals surface area contributed by atoms with Crippen molar-refractivity contribution in [2.45, 2.75) is 33.5 Å². The molecule has 1 aromatic carbocycles. The minimum atomic E-state index is -0.236. The van der Waals surface area contributed by atoms with Crippen LogP contribution in [0.15, 0.2) is 36.7 Å². The second-order valence-electron chi connectivity index (χ2n) is 6.99. The van der Waals surface area contributed by atoms with Gasteiger partial charge in [0.2, 0.25) is 11.9 Å². The Morgan fingerprint density at radius 3 is 2.71 bits per heavy atom. The van der Waals surface area contributed by atoms with Crippen molar-refractivity contribution in [2.75, 3.05) is 16.4 Å². The van der Waals surface area contributed by atoms with E-state index in [1.165, 1.54) is 6.33 Å². The lowest BCUT2D eigenvalue weighted by molar-refractivity contribution is -0.116. The van der Waals surface area contributed by atoms with Crippen molar-refractivity contribution >= 4 is 40.3 Å². The van der Waals surface area contributed by atoms with Gasteiger partial charge in [-0.15, -0.1) is 0 Å². The Morgan fingerprint density at radius 2 is 2.00 bits per heavy atom. The van der Waals surface area contributed by atoms with Crippen LogP contribution in [-0.2, 0) is 24.5 Å². The zero-order chi connectivity index (χ0) is 22.0. The molecule has 3 heterocycles. The van der Waals surface area contributed by atoms with E-state index in [0.29, 0.717) is 29.3 Å². The molecule has 0 aliphatic carbocycles. The number of imidazole rings is 1. The van der Waals surface area contributed by atoms with E-state index in [1.54, 1.807) is 21.4 Å². The number of fused-ring (bicyclic) bond motifs is 1. The largest absolute Gasteiger partial charge is 0.392 e. The molecular weight excluding hydrogens is 398 g/mol. The number of anilines is 4. The molecule has 0 bridgehead atoms. The van der Waals surface area contributed by atoms with Gasteiger partial charge in [-0.05, 0) is 31.5 Å². The molecule has 0 spiro atoms. The highest BCUT2D eigenvalue weighted by Crippen LogP contribution is 2.24. The summed E-state index contributed by atoms with van der Waals surface area (Å²) >= 11 is 0. The first-order chi connectivity index (χ1) is 15.0. The number of nitrogens with zero attached hydrogens (tertiary/aromatic N) is 6. The summed E-state index contributed by atoms with van der Waals surface area (Å²) in [6.07, 6.45) is 1.53. The number of aliphatic hydroxyl groups excluding tert-OH is 1. The molecule has 5 N–H and O–H groups in total. The predicted molar refractivity (Wildman–Crippen MR) is 117 cm³/mol. The number of amides is 1. The number of nitrogen functional groups attached to an aromatic ring is 1. The zero-order valence-corrected chi connectivity index (χ0v) is 17.2. The summed E-state index contributed by atoms with van der Waals surface area (Å²) in [7, 11) is 0. The van der Waals surface area contributed by atoms with Gasteiger partial charge < -0.3 is 26.0 Å². The molecule has 160 valence electrons. The lowest BCUT2D eigenvalue weighted by atomic mass is 10.2. The van der Waals surface area contributed by atoms with Crippen molar-refractivity contribution < 1.29 is 9.90 Å². The van der Waals surface area contributed by atoms with Crippen LogP contribution in [0, 0.1) is 6.92 Å². The predicted octanol–water partition coefficient (Wildman–Crippen LogP) is 1.81. The van der Waals surface area contributed by atoms with Crippen LogP contribution in [0.5, 0.6) is 0 Å². The first-order valence-corrected chi connectivity index (χ1v) is 9.76. The van der Waals surface area contributed by atoms with E-state index >= 15 is 0 Å². The molecule has 3 aromatic heterocycles. The van der Waals surface area contributed by atoms with Crippen LogP contribution in [0.3, 0.4) is 0 Å². The van der Waals surface area contributed by atoms with E-state index in [1.807, 2.05) is 32.0 Å². The van der Waals surface area contributed by atoms with Crippen LogP contribution in [-0.4, -0.2) is 40.3 Å². The average Bonchev–Trinajstić information content (AvgIpc) is 3.31. The SMILES string of the molecule is CCn1nc(C)cc1NC(=O)Cn1cnc2c(Nc3ccc(CO)cc3)nc(N)nc21. The summed E-state index contributed by atoms with van der Waals surface area (Å²) in [5, 5.41) is 19.5. The van der Waals surface area contributed by atoms with Gasteiger partial charge in [0.1, 0.15) is 12.4 Å². The Kier molecular flexibility index (Phi) is 5.50. The molecule has 11 nitrogen and oxygen atoms in total. The number of hydrogen-bond acceptors (Lipinski definition) is 8. The lowest BCUT2D eigenvalue weighted by Crippen LogP contribution is -2.20. The molecule has 0 fully saturated rings.